The molecule has 2 aromatic heterocycles. The van der Waals surface area contributed by atoms with Crippen molar-refractivity contribution in [2.24, 2.45) is 0 Å². The Kier molecular flexibility index (Phi) is 5.34. The lowest BCUT2D eigenvalue weighted by Gasteiger charge is -2.27. The van der Waals surface area contributed by atoms with Gasteiger partial charge in [0.1, 0.15) is 5.58 Å². The molecule has 0 radical (unpaired) electrons. The van der Waals surface area contributed by atoms with E-state index in [4.69, 9.17) is 4.42 Å². The highest BCUT2D eigenvalue weighted by atomic mass is 79.9. The van der Waals surface area contributed by atoms with Gasteiger partial charge in [0.25, 0.3) is 5.91 Å². The second-order valence-corrected chi connectivity index (χ2v) is 9.29. The van der Waals surface area contributed by atoms with Crippen LogP contribution in [0.3, 0.4) is 0 Å². The summed E-state index contributed by atoms with van der Waals surface area (Å²) in [5.74, 6) is -1.52. The van der Waals surface area contributed by atoms with Crippen LogP contribution in [-0.4, -0.2) is 58.8 Å². The molecule has 4 aromatic rings. The zero-order chi connectivity index (χ0) is 23.3. The van der Waals surface area contributed by atoms with E-state index >= 15 is 0 Å². The Morgan fingerprint density at radius 2 is 2.00 bits per heavy atom. The van der Waals surface area contributed by atoms with Gasteiger partial charge in [-0.3, -0.25) is 9.59 Å². The number of hydrogen-bond acceptors (Lipinski definition) is 5. The number of likely N-dealkylation sites (N-methyl/N-ethyl adjacent to an activating group) is 1. The van der Waals surface area contributed by atoms with Crippen LogP contribution in [0.15, 0.2) is 74.9 Å². The summed E-state index contributed by atoms with van der Waals surface area (Å²) in [6.45, 7) is 0.932. The number of fused-ring (bicyclic) bond motifs is 2. The van der Waals surface area contributed by atoms with Crippen molar-refractivity contribution < 1.29 is 19.1 Å². The molecule has 1 amide bonds. The molecule has 0 saturated heterocycles. The summed E-state index contributed by atoms with van der Waals surface area (Å²) >= 11 is 3.42. The molecule has 3 heterocycles. The fourth-order valence-electron chi connectivity index (χ4n) is 4.33. The molecule has 2 N–H and O–H groups in total. The number of furan rings is 1. The number of halogens is 1. The van der Waals surface area contributed by atoms with Gasteiger partial charge in [-0.2, -0.15) is 0 Å². The van der Waals surface area contributed by atoms with Gasteiger partial charge in [0.2, 0.25) is 5.78 Å². The molecule has 0 spiro atoms. The Hall–Kier alpha value is -3.36. The van der Waals surface area contributed by atoms with Crippen LogP contribution >= 0.6 is 15.9 Å². The van der Waals surface area contributed by atoms with Gasteiger partial charge in [-0.25, -0.2) is 0 Å². The standard InChI is InChI=1S/C25H22BrN3O4/c1-28(2)9-10-29-22(17-13-27-18-6-4-3-5-16(17)18)21(24(31)25(29)32)23(30)20-12-14-11-15(26)7-8-19(14)33-20/h3-8,11-13,22,27,31H,9-10H2,1-2H3. The molecule has 1 aliphatic rings. The first kappa shape index (κ1) is 21.5. The average Bonchev–Trinajstić information content (AvgIpc) is 3.46. The molecule has 2 aromatic carbocycles. The van der Waals surface area contributed by atoms with Crippen molar-refractivity contribution in [1.82, 2.24) is 14.8 Å². The van der Waals surface area contributed by atoms with Gasteiger partial charge < -0.3 is 24.3 Å². The number of aromatic amines is 1. The molecule has 5 rings (SSSR count). The third-order valence-corrected chi connectivity index (χ3v) is 6.45. The van der Waals surface area contributed by atoms with E-state index in [1.807, 2.05) is 55.4 Å². The number of amides is 1. The maximum atomic E-state index is 13.7. The second-order valence-electron chi connectivity index (χ2n) is 8.38. The number of aromatic nitrogens is 1. The molecule has 1 unspecified atom stereocenters. The molecular weight excluding hydrogens is 486 g/mol. The zero-order valence-corrected chi connectivity index (χ0v) is 19.7. The maximum Gasteiger partial charge on any atom is 0.290 e. The number of rotatable bonds is 6. The van der Waals surface area contributed by atoms with Crippen molar-refractivity contribution >= 4 is 49.5 Å². The summed E-state index contributed by atoms with van der Waals surface area (Å²) in [7, 11) is 3.82. The van der Waals surface area contributed by atoms with Crippen molar-refractivity contribution in [1.29, 1.82) is 0 Å². The first-order valence-electron chi connectivity index (χ1n) is 10.5. The fourth-order valence-corrected chi connectivity index (χ4v) is 4.71. The van der Waals surface area contributed by atoms with Crippen LogP contribution in [0.5, 0.6) is 0 Å². The van der Waals surface area contributed by atoms with Crippen LogP contribution in [0.25, 0.3) is 21.9 Å². The predicted molar refractivity (Wildman–Crippen MR) is 129 cm³/mol. The predicted octanol–water partition coefficient (Wildman–Crippen LogP) is 4.82. The first-order chi connectivity index (χ1) is 15.8. The summed E-state index contributed by atoms with van der Waals surface area (Å²) in [4.78, 5) is 33.5. The van der Waals surface area contributed by atoms with Crippen LogP contribution in [0.1, 0.15) is 22.2 Å². The van der Waals surface area contributed by atoms with Crippen molar-refractivity contribution in [3.8, 4) is 0 Å². The molecule has 0 fully saturated rings. The monoisotopic (exact) mass is 507 g/mol. The number of carbonyl (C=O) groups is 2. The molecular formula is C25H22BrN3O4. The van der Waals surface area contributed by atoms with Crippen LogP contribution in [0.4, 0.5) is 0 Å². The quantitative estimate of drug-likeness (QED) is 0.365. The van der Waals surface area contributed by atoms with Crippen molar-refractivity contribution in [3.05, 3.63) is 81.9 Å². The number of aliphatic hydroxyl groups excluding tert-OH is 1. The number of H-pyrrole nitrogens is 1. The van der Waals surface area contributed by atoms with Crippen LogP contribution < -0.4 is 0 Å². The highest BCUT2D eigenvalue weighted by molar-refractivity contribution is 9.10. The molecule has 0 bridgehead atoms. The molecule has 0 aliphatic carbocycles. The Balaban J connectivity index is 1.63. The molecule has 0 saturated carbocycles. The first-order valence-corrected chi connectivity index (χ1v) is 11.3. The summed E-state index contributed by atoms with van der Waals surface area (Å²) < 4.78 is 6.67. The van der Waals surface area contributed by atoms with E-state index in [-0.39, 0.29) is 11.3 Å². The SMILES string of the molecule is CN(C)CCN1C(=O)C(O)=C(C(=O)c2cc3cc(Br)ccc3o2)C1c1c[nH]c2ccccc12. The number of para-hydroxylation sites is 1. The fraction of sp³-hybridized carbons (Fsp3) is 0.200. The lowest BCUT2D eigenvalue weighted by atomic mass is 9.94. The lowest BCUT2D eigenvalue weighted by molar-refractivity contribution is -0.129. The second kappa shape index (κ2) is 8.20. The van der Waals surface area contributed by atoms with Gasteiger partial charge in [0, 0.05) is 45.6 Å². The normalized spacial score (nSPS) is 16.7. The van der Waals surface area contributed by atoms with E-state index in [9.17, 15) is 14.7 Å². The summed E-state index contributed by atoms with van der Waals surface area (Å²) in [5.41, 5.74) is 2.23. The Bertz CT molecular complexity index is 1430. The molecule has 1 aliphatic heterocycles. The van der Waals surface area contributed by atoms with E-state index in [0.29, 0.717) is 18.7 Å². The Morgan fingerprint density at radius 3 is 2.79 bits per heavy atom. The molecule has 7 nitrogen and oxygen atoms in total. The van der Waals surface area contributed by atoms with Gasteiger partial charge in [-0.05, 0) is 44.4 Å². The van der Waals surface area contributed by atoms with E-state index < -0.39 is 23.5 Å². The minimum atomic E-state index is -0.735. The van der Waals surface area contributed by atoms with Gasteiger partial charge in [-0.1, -0.05) is 34.1 Å². The maximum absolute atomic E-state index is 13.7. The number of Topliss-reactive ketones (excluding diaryl/α,β-unsaturated/α-hetero) is 1. The number of carbonyl (C=O) groups excluding carboxylic acids is 2. The number of benzene rings is 2. The minimum Gasteiger partial charge on any atom is -0.503 e. The Labute approximate surface area is 198 Å². The molecule has 33 heavy (non-hydrogen) atoms. The lowest BCUT2D eigenvalue weighted by Crippen LogP contribution is -2.36. The van der Waals surface area contributed by atoms with Gasteiger partial charge >= 0.3 is 0 Å². The van der Waals surface area contributed by atoms with E-state index in [1.165, 1.54) is 0 Å². The summed E-state index contributed by atoms with van der Waals surface area (Å²) in [6.07, 6.45) is 1.80. The summed E-state index contributed by atoms with van der Waals surface area (Å²) in [6, 6.07) is 14.0. The zero-order valence-electron chi connectivity index (χ0n) is 18.1. The third-order valence-electron chi connectivity index (χ3n) is 5.95. The largest absolute Gasteiger partial charge is 0.503 e. The number of aliphatic hydroxyl groups is 1. The van der Waals surface area contributed by atoms with Crippen LogP contribution in [-0.2, 0) is 4.79 Å². The van der Waals surface area contributed by atoms with Crippen molar-refractivity contribution in [3.63, 3.8) is 0 Å². The molecule has 168 valence electrons. The topological polar surface area (TPSA) is 89.8 Å². The van der Waals surface area contributed by atoms with Crippen molar-refractivity contribution in [2.45, 2.75) is 6.04 Å². The van der Waals surface area contributed by atoms with E-state index in [2.05, 4.69) is 20.9 Å². The molecule has 8 heteroatoms. The minimum absolute atomic E-state index is 0.0293. The smallest absolute Gasteiger partial charge is 0.290 e. The highest BCUT2D eigenvalue weighted by Crippen LogP contribution is 2.42. The van der Waals surface area contributed by atoms with E-state index in [1.54, 1.807) is 23.2 Å². The van der Waals surface area contributed by atoms with Gasteiger partial charge in [0.15, 0.2) is 11.5 Å². The van der Waals surface area contributed by atoms with Crippen LogP contribution in [0, 0.1) is 0 Å². The number of nitrogens with one attached hydrogen (secondary N) is 1. The number of nitrogens with zero attached hydrogens (tertiary/aromatic N) is 2. The number of hydrogen-bond donors (Lipinski definition) is 2. The van der Waals surface area contributed by atoms with Gasteiger partial charge in [0.05, 0.1) is 11.6 Å². The molecule has 1 atom stereocenters. The van der Waals surface area contributed by atoms with Crippen molar-refractivity contribution in [2.75, 3.05) is 27.2 Å². The van der Waals surface area contributed by atoms with Gasteiger partial charge in [-0.15, -0.1) is 0 Å². The summed E-state index contributed by atoms with van der Waals surface area (Å²) in [5, 5.41) is 12.5. The average molecular weight is 508 g/mol. The Morgan fingerprint density at radius 1 is 1.21 bits per heavy atom. The van der Waals surface area contributed by atoms with E-state index in [0.717, 1.165) is 26.3 Å². The third kappa shape index (κ3) is 3.65. The number of ketones is 1. The highest BCUT2D eigenvalue weighted by Gasteiger charge is 2.45. The van der Waals surface area contributed by atoms with Crippen LogP contribution in [0.2, 0.25) is 0 Å².